The number of nitrogens with zero attached hydrogens (tertiary/aromatic N) is 2. The van der Waals surface area contributed by atoms with Gasteiger partial charge < -0.3 is 20.8 Å². The SMILES string of the molecule is N#Cc1cc(N)ccc1N1CC(O)C(O)C1. The third-order valence-corrected chi connectivity index (χ3v) is 2.74. The number of anilines is 2. The monoisotopic (exact) mass is 219 g/mol. The molecular formula is C11H13N3O2. The number of aliphatic hydroxyl groups is 2. The number of nitrogen functional groups attached to an aromatic ring is 1. The third-order valence-electron chi connectivity index (χ3n) is 2.74. The lowest BCUT2D eigenvalue weighted by Crippen LogP contribution is -2.22. The van der Waals surface area contributed by atoms with Crippen molar-refractivity contribution in [1.82, 2.24) is 0 Å². The minimum absolute atomic E-state index is 0.333. The number of β-amino-alcohol motifs (C(OH)–C–C–N with tert-alkyl or cyclic N) is 2. The van der Waals surface area contributed by atoms with Gasteiger partial charge in [0.05, 0.1) is 23.5 Å². The van der Waals surface area contributed by atoms with Gasteiger partial charge in [-0.15, -0.1) is 0 Å². The highest BCUT2D eigenvalue weighted by Crippen LogP contribution is 2.26. The Morgan fingerprint density at radius 1 is 1.31 bits per heavy atom. The molecule has 1 fully saturated rings. The summed E-state index contributed by atoms with van der Waals surface area (Å²) in [4.78, 5) is 1.79. The van der Waals surface area contributed by atoms with E-state index in [1.807, 2.05) is 0 Å². The average Bonchev–Trinajstić information content (AvgIpc) is 2.59. The quantitative estimate of drug-likeness (QED) is 0.563. The van der Waals surface area contributed by atoms with Gasteiger partial charge in [0.25, 0.3) is 0 Å². The van der Waals surface area contributed by atoms with Crippen molar-refractivity contribution >= 4 is 11.4 Å². The molecule has 5 heteroatoms. The summed E-state index contributed by atoms with van der Waals surface area (Å²) in [5.74, 6) is 0. The number of benzene rings is 1. The lowest BCUT2D eigenvalue weighted by Gasteiger charge is -2.19. The Morgan fingerprint density at radius 3 is 2.50 bits per heavy atom. The summed E-state index contributed by atoms with van der Waals surface area (Å²) in [5.41, 5.74) is 7.28. The molecule has 1 aromatic carbocycles. The van der Waals surface area contributed by atoms with E-state index in [4.69, 9.17) is 11.0 Å². The molecule has 2 rings (SSSR count). The van der Waals surface area contributed by atoms with Gasteiger partial charge >= 0.3 is 0 Å². The van der Waals surface area contributed by atoms with Gasteiger partial charge in [0, 0.05) is 18.8 Å². The fourth-order valence-corrected chi connectivity index (χ4v) is 1.89. The van der Waals surface area contributed by atoms with Gasteiger partial charge in [-0.05, 0) is 18.2 Å². The molecule has 1 heterocycles. The van der Waals surface area contributed by atoms with Crippen LogP contribution in [0, 0.1) is 11.3 Å². The maximum absolute atomic E-state index is 9.45. The summed E-state index contributed by atoms with van der Waals surface area (Å²) in [7, 11) is 0. The number of nitrogens with two attached hydrogens (primary N) is 1. The van der Waals surface area contributed by atoms with E-state index in [9.17, 15) is 10.2 Å². The van der Waals surface area contributed by atoms with Crippen molar-refractivity contribution in [2.24, 2.45) is 0 Å². The van der Waals surface area contributed by atoms with E-state index in [2.05, 4.69) is 6.07 Å². The number of aliphatic hydroxyl groups excluding tert-OH is 2. The van der Waals surface area contributed by atoms with Gasteiger partial charge in [-0.25, -0.2) is 0 Å². The molecule has 0 aliphatic carbocycles. The highest BCUT2D eigenvalue weighted by atomic mass is 16.3. The Labute approximate surface area is 93.3 Å². The summed E-state index contributed by atoms with van der Waals surface area (Å²) < 4.78 is 0. The predicted octanol–water partition coefficient (Wildman–Crippen LogP) is -0.318. The van der Waals surface area contributed by atoms with Crippen LogP contribution in [0.5, 0.6) is 0 Å². The Hall–Kier alpha value is -1.77. The Bertz CT molecular complexity index is 431. The van der Waals surface area contributed by atoms with Gasteiger partial charge in [-0.1, -0.05) is 0 Å². The first-order valence-electron chi connectivity index (χ1n) is 5.02. The molecule has 1 aliphatic heterocycles. The minimum Gasteiger partial charge on any atom is -0.399 e. The van der Waals surface area contributed by atoms with Crippen LogP contribution in [0.2, 0.25) is 0 Å². The lowest BCUT2D eigenvalue weighted by atomic mass is 10.1. The van der Waals surface area contributed by atoms with E-state index >= 15 is 0 Å². The smallest absolute Gasteiger partial charge is 0.101 e. The van der Waals surface area contributed by atoms with Crippen molar-refractivity contribution in [2.45, 2.75) is 12.2 Å². The zero-order chi connectivity index (χ0) is 11.7. The van der Waals surface area contributed by atoms with Crippen molar-refractivity contribution in [1.29, 1.82) is 5.26 Å². The summed E-state index contributed by atoms with van der Waals surface area (Å²) in [5, 5.41) is 27.9. The summed E-state index contributed by atoms with van der Waals surface area (Å²) in [6.45, 7) is 0.666. The summed E-state index contributed by atoms with van der Waals surface area (Å²) in [6, 6.07) is 7.08. The molecule has 1 saturated heterocycles. The molecular weight excluding hydrogens is 206 g/mol. The Morgan fingerprint density at radius 2 is 1.94 bits per heavy atom. The van der Waals surface area contributed by atoms with Gasteiger partial charge in [0.15, 0.2) is 0 Å². The topological polar surface area (TPSA) is 93.5 Å². The highest BCUT2D eigenvalue weighted by molar-refractivity contribution is 5.65. The van der Waals surface area contributed by atoms with Crippen molar-refractivity contribution in [3.8, 4) is 6.07 Å². The van der Waals surface area contributed by atoms with E-state index in [0.717, 1.165) is 0 Å². The molecule has 4 N–H and O–H groups in total. The van der Waals surface area contributed by atoms with E-state index in [1.54, 1.807) is 23.1 Å². The standard InChI is InChI=1S/C11H13N3O2/c12-4-7-3-8(13)1-2-9(7)14-5-10(15)11(16)6-14/h1-3,10-11,15-16H,5-6,13H2. The molecule has 2 unspecified atom stereocenters. The van der Waals surface area contributed by atoms with Gasteiger partial charge in [-0.2, -0.15) is 5.26 Å². The molecule has 84 valence electrons. The molecule has 0 saturated carbocycles. The van der Waals surface area contributed by atoms with Gasteiger partial charge in [0.1, 0.15) is 6.07 Å². The number of nitriles is 1. The molecule has 0 amide bonds. The Kier molecular flexibility index (Phi) is 2.69. The van der Waals surface area contributed by atoms with Gasteiger partial charge in [-0.3, -0.25) is 0 Å². The second kappa shape index (κ2) is 4.00. The molecule has 1 aromatic rings. The molecule has 0 radical (unpaired) electrons. The van der Waals surface area contributed by atoms with Crippen molar-refractivity contribution in [2.75, 3.05) is 23.7 Å². The van der Waals surface area contributed by atoms with Crippen molar-refractivity contribution in [3.63, 3.8) is 0 Å². The van der Waals surface area contributed by atoms with Crippen LogP contribution in [-0.4, -0.2) is 35.5 Å². The van der Waals surface area contributed by atoms with Crippen LogP contribution < -0.4 is 10.6 Å². The van der Waals surface area contributed by atoms with Crippen LogP contribution >= 0.6 is 0 Å². The zero-order valence-electron chi connectivity index (χ0n) is 8.67. The minimum atomic E-state index is -0.760. The zero-order valence-corrected chi connectivity index (χ0v) is 8.67. The van der Waals surface area contributed by atoms with Crippen molar-refractivity contribution < 1.29 is 10.2 Å². The molecule has 1 aliphatic rings. The maximum atomic E-state index is 9.45. The van der Waals surface area contributed by atoms with E-state index in [-0.39, 0.29) is 0 Å². The van der Waals surface area contributed by atoms with E-state index in [1.165, 1.54) is 0 Å². The number of hydrogen-bond acceptors (Lipinski definition) is 5. The fraction of sp³-hybridized carbons (Fsp3) is 0.364. The first-order valence-corrected chi connectivity index (χ1v) is 5.02. The van der Waals surface area contributed by atoms with Crippen LogP contribution in [-0.2, 0) is 0 Å². The second-order valence-electron chi connectivity index (χ2n) is 3.93. The summed E-state index contributed by atoms with van der Waals surface area (Å²) >= 11 is 0. The predicted molar refractivity (Wildman–Crippen MR) is 59.8 cm³/mol. The normalized spacial score (nSPS) is 24.4. The molecule has 0 aromatic heterocycles. The average molecular weight is 219 g/mol. The van der Waals surface area contributed by atoms with Crippen LogP contribution in [0.1, 0.15) is 5.56 Å². The third kappa shape index (κ3) is 1.81. The fourth-order valence-electron chi connectivity index (χ4n) is 1.89. The molecule has 2 atom stereocenters. The van der Waals surface area contributed by atoms with Crippen LogP contribution in [0.4, 0.5) is 11.4 Å². The molecule has 0 bridgehead atoms. The largest absolute Gasteiger partial charge is 0.399 e. The Balaban J connectivity index is 2.32. The summed E-state index contributed by atoms with van der Waals surface area (Å²) in [6.07, 6.45) is -1.52. The van der Waals surface area contributed by atoms with Crippen molar-refractivity contribution in [3.05, 3.63) is 23.8 Å². The number of rotatable bonds is 1. The van der Waals surface area contributed by atoms with E-state index < -0.39 is 12.2 Å². The second-order valence-corrected chi connectivity index (χ2v) is 3.93. The number of hydrogen-bond donors (Lipinski definition) is 3. The molecule has 0 spiro atoms. The molecule has 5 nitrogen and oxygen atoms in total. The maximum Gasteiger partial charge on any atom is 0.101 e. The van der Waals surface area contributed by atoms with E-state index in [0.29, 0.717) is 30.0 Å². The first kappa shape index (κ1) is 10.7. The molecule has 16 heavy (non-hydrogen) atoms. The first-order chi connectivity index (χ1) is 7.61. The van der Waals surface area contributed by atoms with Crippen LogP contribution in [0.3, 0.4) is 0 Å². The van der Waals surface area contributed by atoms with Crippen LogP contribution in [0.15, 0.2) is 18.2 Å². The van der Waals surface area contributed by atoms with Crippen LogP contribution in [0.25, 0.3) is 0 Å². The van der Waals surface area contributed by atoms with Gasteiger partial charge in [0.2, 0.25) is 0 Å². The highest BCUT2D eigenvalue weighted by Gasteiger charge is 2.30. The lowest BCUT2D eigenvalue weighted by molar-refractivity contribution is 0.0572.